The van der Waals surface area contributed by atoms with Gasteiger partial charge in [0.2, 0.25) is 11.9 Å². The van der Waals surface area contributed by atoms with E-state index < -0.39 is 0 Å². The van der Waals surface area contributed by atoms with Crippen LogP contribution in [0.3, 0.4) is 0 Å². The molecule has 3 rings (SSSR count). The Bertz CT molecular complexity index is 557. The predicted octanol–water partition coefficient (Wildman–Crippen LogP) is 1.15. The Kier molecular flexibility index (Phi) is 6.85. The number of aromatic nitrogens is 3. The fourth-order valence-electron chi connectivity index (χ4n) is 3.83. The summed E-state index contributed by atoms with van der Waals surface area (Å²) in [4.78, 5) is 20.5. The topological polar surface area (TPSA) is 77.9 Å². The molecule has 0 unspecified atom stereocenters. The third-order valence-corrected chi connectivity index (χ3v) is 5.49. The monoisotopic (exact) mass is 364 g/mol. The molecule has 1 aromatic heterocycles. The standard InChI is InChI=1S/C18H32N6O2/c1-22(13-14-25)15-7-11-24(12-8-15)17-19-16(20-18(21-17)26-2)23-9-5-3-4-6-10-23/h15,25H,3-14H2,1-2H3. The van der Waals surface area contributed by atoms with E-state index in [4.69, 9.17) is 14.8 Å². The molecule has 0 radical (unpaired) electrons. The Morgan fingerprint density at radius 2 is 1.54 bits per heavy atom. The number of ether oxygens (including phenoxy) is 1. The molecule has 0 spiro atoms. The number of aliphatic hydroxyl groups excluding tert-OH is 1. The molecule has 1 N–H and O–H groups in total. The summed E-state index contributed by atoms with van der Waals surface area (Å²) in [5.74, 6) is 1.47. The quantitative estimate of drug-likeness (QED) is 0.806. The minimum Gasteiger partial charge on any atom is -0.467 e. The van der Waals surface area contributed by atoms with Crippen LogP contribution in [0, 0.1) is 0 Å². The number of anilines is 2. The van der Waals surface area contributed by atoms with Gasteiger partial charge in [-0.3, -0.25) is 0 Å². The van der Waals surface area contributed by atoms with Gasteiger partial charge in [0.15, 0.2) is 0 Å². The van der Waals surface area contributed by atoms with Gasteiger partial charge in [-0.1, -0.05) is 12.8 Å². The Hall–Kier alpha value is -1.67. The van der Waals surface area contributed by atoms with Crippen LogP contribution in [0.15, 0.2) is 0 Å². The number of aliphatic hydroxyl groups is 1. The van der Waals surface area contributed by atoms with E-state index >= 15 is 0 Å². The average Bonchev–Trinajstić information content (AvgIpc) is 2.97. The number of likely N-dealkylation sites (N-methyl/N-ethyl adjacent to an activating group) is 1. The highest BCUT2D eigenvalue weighted by Crippen LogP contribution is 2.24. The lowest BCUT2D eigenvalue weighted by Crippen LogP contribution is -2.44. The van der Waals surface area contributed by atoms with Gasteiger partial charge in [-0.2, -0.15) is 15.0 Å². The van der Waals surface area contributed by atoms with E-state index in [0.717, 1.165) is 57.5 Å². The number of nitrogens with zero attached hydrogens (tertiary/aromatic N) is 6. The van der Waals surface area contributed by atoms with Gasteiger partial charge in [0.1, 0.15) is 0 Å². The number of piperidine rings is 1. The summed E-state index contributed by atoms with van der Waals surface area (Å²) in [6, 6.07) is 0.904. The van der Waals surface area contributed by atoms with Crippen LogP contribution in [0.5, 0.6) is 6.01 Å². The van der Waals surface area contributed by atoms with Gasteiger partial charge in [0.05, 0.1) is 13.7 Å². The lowest BCUT2D eigenvalue weighted by atomic mass is 10.0. The maximum Gasteiger partial charge on any atom is 0.322 e. The molecule has 8 nitrogen and oxygen atoms in total. The van der Waals surface area contributed by atoms with E-state index in [1.54, 1.807) is 7.11 Å². The highest BCUT2D eigenvalue weighted by Gasteiger charge is 2.25. The third kappa shape index (κ3) is 4.73. The summed E-state index contributed by atoms with van der Waals surface area (Å²) in [6.07, 6.45) is 7.02. The van der Waals surface area contributed by atoms with Gasteiger partial charge in [0.25, 0.3) is 0 Å². The van der Waals surface area contributed by atoms with Crippen molar-refractivity contribution in [2.45, 2.75) is 44.6 Å². The van der Waals surface area contributed by atoms with E-state index in [1.807, 2.05) is 0 Å². The van der Waals surface area contributed by atoms with E-state index in [9.17, 15) is 0 Å². The van der Waals surface area contributed by atoms with Crippen molar-refractivity contribution >= 4 is 11.9 Å². The maximum atomic E-state index is 9.13. The lowest BCUT2D eigenvalue weighted by molar-refractivity contribution is 0.161. The van der Waals surface area contributed by atoms with Crippen LogP contribution >= 0.6 is 0 Å². The van der Waals surface area contributed by atoms with Gasteiger partial charge < -0.3 is 24.5 Å². The van der Waals surface area contributed by atoms with Gasteiger partial charge in [-0.25, -0.2) is 0 Å². The number of hydrogen-bond donors (Lipinski definition) is 1. The minimum absolute atomic E-state index is 0.209. The fraction of sp³-hybridized carbons (Fsp3) is 0.833. The molecule has 26 heavy (non-hydrogen) atoms. The second-order valence-corrected chi connectivity index (χ2v) is 7.25. The van der Waals surface area contributed by atoms with Crippen LogP contribution in [0.1, 0.15) is 38.5 Å². The SMILES string of the molecule is COc1nc(N2CCCCCC2)nc(N2CCC(N(C)CCO)CC2)n1. The van der Waals surface area contributed by atoms with E-state index in [0.29, 0.717) is 12.1 Å². The molecule has 2 saturated heterocycles. The van der Waals surface area contributed by atoms with Gasteiger partial charge >= 0.3 is 6.01 Å². The van der Waals surface area contributed by atoms with Crippen molar-refractivity contribution in [3.63, 3.8) is 0 Å². The second kappa shape index (κ2) is 9.32. The Balaban J connectivity index is 1.70. The largest absolute Gasteiger partial charge is 0.467 e. The van der Waals surface area contributed by atoms with Crippen LogP contribution in [-0.4, -0.2) is 84.5 Å². The van der Waals surface area contributed by atoms with Crippen LogP contribution in [0.2, 0.25) is 0 Å². The Morgan fingerprint density at radius 3 is 2.08 bits per heavy atom. The highest BCUT2D eigenvalue weighted by molar-refractivity contribution is 5.41. The summed E-state index contributed by atoms with van der Waals surface area (Å²) in [5, 5.41) is 9.13. The second-order valence-electron chi connectivity index (χ2n) is 7.25. The van der Waals surface area contributed by atoms with E-state index in [2.05, 4.69) is 31.7 Å². The molecule has 0 aromatic carbocycles. The molecule has 0 amide bonds. The van der Waals surface area contributed by atoms with Crippen molar-refractivity contribution < 1.29 is 9.84 Å². The highest BCUT2D eigenvalue weighted by atomic mass is 16.5. The molecule has 2 fully saturated rings. The molecule has 0 atom stereocenters. The molecule has 0 bridgehead atoms. The molecule has 146 valence electrons. The normalized spacial score (nSPS) is 19.7. The first kappa shape index (κ1) is 19.1. The molecule has 0 aliphatic carbocycles. The van der Waals surface area contributed by atoms with Gasteiger partial charge in [-0.05, 0) is 32.7 Å². The van der Waals surface area contributed by atoms with Crippen molar-refractivity contribution in [2.75, 3.05) is 63.3 Å². The van der Waals surface area contributed by atoms with Crippen molar-refractivity contribution in [3.8, 4) is 6.01 Å². The molecule has 8 heteroatoms. The molecular weight excluding hydrogens is 332 g/mol. The Morgan fingerprint density at radius 1 is 0.962 bits per heavy atom. The first-order chi connectivity index (χ1) is 12.7. The number of rotatable bonds is 6. The molecule has 0 saturated carbocycles. The molecule has 2 aliphatic rings. The molecular formula is C18H32N6O2. The molecule has 3 heterocycles. The van der Waals surface area contributed by atoms with Crippen LogP contribution in [-0.2, 0) is 0 Å². The zero-order chi connectivity index (χ0) is 18.4. The Labute approximate surface area is 156 Å². The first-order valence-corrected chi connectivity index (χ1v) is 9.82. The number of hydrogen-bond acceptors (Lipinski definition) is 8. The van der Waals surface area contributed by atoms with Crippen molar-refractivity contribution in [2.24, 2.45) is 0 Å². The summed E-state index contributed by atoms with van der Waals surface area (Å²) in [5.41, 5.74) is 0. The summed E-state index contributed by atoms with van der Waals surface area (Å²) >= 11 is 0. The average molecular weight is 364 g/mol. The van der Waals surface area contributed by atoms with Crippen LogP contribution < -0.4 is 14.5 Å². The van der Waals surface area contributed by atoms with E-state index in [-0.39, 0.29) is 6.61 Å². The van der Waals surface area contributed by atoms with E-state index in [1.165, 1.54) is 25.7 Å². The summed E-state index contributed by atoms with van der Waals surface area (Å²) in [6.45, 7) is 4.76. The smallest absolute Gasteiger partial charge is 0.322 e. The van der Waals surface area contributed by atoms with Crippen molar-refractivity contribution in [1.29, 1.82) is 0 Å². The summed E-state index contributed by atoms with van der Waals surface area (Å²) in [7, 11) is 3.70. The molecule has 1 aromatic rings. The lowest BCUT2D eigenvalue weighted by Gasteiger charge is -2.36. The van der Waals surface area contributed by atoms with Crippen molar-refractivity contribution in [1.82, 2.24) is 19.9 Å². The number of methoxy groups -OCH3 is 1. The van der Waals surface area contributed by atoms with Crippen LogP contribution in [0.25, 0.3) is 0 Å². The van der Waals surface area contributed by atoms with Crippen LogP contribution in [0.4, 0.5) is 11.9 Å². The third-order valence-electron chi connectivity index (χ3n) is 5.49. The molecule has 2 aliphatic heterocycles. The zero-order valence-electron chi connectivity index (χ0n) is 16.1. The van der Waals surface area contributed by atoms with Gasteiger partial charge in [0, 0.05) is 38.8 Å². The van der Waals surface area contributed by atoms with Crippen molar-refractivity contribution in [3.05, 3.63) is 0 Å². The summed E-state index contributed by atoms with van der Waals surface area (Å²) < 4.78 is 5.35. The predicted molar refractivity (Wildman–Crippen MR) is 102 cm³/mol. The first-order valence-electron chi connectivity index (χ1n) is 9.82. The maximum absolute atomic E-state index is 9.13. The zero-order valence-corrected chi connectivity index (χ0v) is 16.1. The van der Waals surface area contributed by atoms with Gasteiger partial charge in [-0.15, -0.1) is 0 Å². The fourth-order valence-corrected chi connectivity index (χ4v) is 3.83. The minimum atomic E-state index is 0.209.